The number of hydrogen-bond donors (Lipinski definition) is 0. The van der Waals surface area contributed by atoms with Crippen molar-refractivity contribution in [3.05, 3.63) is 23.3 Å². The second kappa shape index (κ2) is 12.9. The van der Waals surface area contributed by atoms with Crippen LogP contribution in [0.1, 0.15) is 125 Å². The van der Waals surface area contributed by atoms with Gasteiger partial charge in [-0.05, 0) is 78.4 Å². The molecule has 0 saturated heterocycles. The number of rotatable bonds is 9. The number of ether oxygens (including phenoxy) is 1. The van der Waals surface area contributed by atoms with Gasteiger partial charge in [-0.15, -0.1) is 0 Å². The molecule has 186 valence electrons. The zero-order valence-corrected chi connectivity index (χ0v) is 23.5. The molecule has 0 amide bonds. The maximum absolute atomic E-state index is 5.78. The van der Waals surface area contributed by atoms with Gasteiger partial charge in [-0.3, -0.25) is 0 Å². The van der Waals surface area contributed by atoms with Crippen LogP contribution in [-0.4, -0.2) is 20.2 Å². The molecule has 0 unspecified atom stereocenters. The minimum absolute atomic E-state index is 0.399. The van der Waals surface area contributed by atoms with Gasteiger partial charge in [0.15, 0.2) is 0 Å². The first-order chi connectivity index (χ1) is 14.9. The molecule has 0 heterocycles. The molecule has 1 aromatic carbocycles. The van der Waals surface area contributed by atoms with E-state index in [0.29, 0.717) is 16.7 Å². The zero-order valence-electron chi connectivity index (χ0n) is 23.5. The second-order valence-electron chi connectivity index (χ2n) is 12.0. The van der Waals surface area contributed by atoms with E-state index < -0.39 is 0 Å². The van der Waals surface area contributed by atoms with E-state index in [1.807, 2.05) is 7.11 Å². The lowest BCUT2D eigenvalue weighted by atomic mass is 9.60. The Morgan fingerprint density at radius 2 is 1.44 bits per heavy atom. The van der Waals surface area contributed by atoms with Gasteiger partial charge < -0.3 is 9.64 Å². The minimum Gasteiger partial charge on any atom is -0.496 e. The first-order valence-electron chi connectivity index (χ1n) is 13.4. The molecule has 0 radical (unpaired) electrons. The summed E-state index contributed by atoms with van der Waals surface area (Å²) in [5, 5.41) is 0. The third-order valence-electron chi connectivity index (χ3n) is 6.95. The van der Waals surface area contributed by atoms with Crippen LogP contribution < -0.4 is 9.64 Å². The average Bonchev–Trinajstić information content (AvgIpc) is 2.70. The fraction of sp³-hybridized carbons (Fsp3) is 0.800. The van der Waals surface area contributed by atoms with Gasteiger partial charge in [0, 0.05) is 24.8 Å². The van der Waals surface area contributed by atoms with Crippen molar-refractivity contribution >= 4 is 5.69 Å². The summed E-state index contributed by atoms with van der Waals surface area (Å²) >= 11 is 0. The van der Waals surface area contributed by atoms with E-state index >= 15 is 0 Å². The van der Waals surface area contributed by atoms with E-state index in [9.17, 15) is 0 Å². The summed E-state index contributed by atoms with van der Waals surface area (Å²) in [5.74, 6) is 2.57. The first kappa shape index (κ1) is 28.9. The van der Waals surface area contributed by atoms with Crippen LogP contribution >= 0.6 is 0 Å². The summed E-state index contributed by atoms with van der Waals surface area (Å²) in [5.41, 5.74) is 5.14. The van der Waals surface area contributed by atoms with Crippen molar-refractivity contribution in [1.82, 2.24) is 0 Å². The molecule has 1 aromatic rings. The molecular formula is C30H55NO. The Morgan fingerprint density at radius 1 is 0.938 bits per heavy atom. The second-order valence-corrected chi connectivity index (χ2v) is 12.0. The van der Waals surface area contributed by atoms with E-state index in [2.05, 4.69) is 86.3 Å². The van der Waals surface area contributed by atoms with Gasteiger partial charge in [0.1, 0.15) is 5.75 Å². The molecule has 0 aromatic heterocycles. The monoisotopic (exact) mass is 445 g/mol. The Labute approximate surface area is 201 Å². The molecule has 1 saturated carbocycles. The lowest BCUT2D eigenvalue weighted by Gasteiger charge is -2.46. The third-order valence-corrected chi connectivity index (χ3v) is 6.95. The first-order valence-corrected chi connectivity index (χ1v) is 13.4. The van der Waals surface area contributed by atoms with Crippen molar-refractivity contribution in [3.8, 4) is 5.75 Å². The molecule has 0 N–H and O–H groups in total. The number of aryl methyl sites for hydroxylation is 1. The van der Waals surface area contributed by atoms with E-state index in [1.54, 1.807) is 5.56 Å². The van der Waals surface area contributed by atoms with Crippen molar-refractivity contribution in [1.29, 1.82) is 0 Å². The lowest BCUT2D eigenvalue weighted by molar-refractivity contribution is 0.0970. The highest BCUT2D eigenvalue weighted by molar-refractivity contribution is 5.61. The molecule has 32 heavy (non-hydrogen) atoms. The van der Waals surface area contributed by atoms with Crippen LogP contribution in [-0.2, 0) is 6.42 Å². The summed E-state index contributed by atoms with van der Waals surface area (Å²) in [4.78, 5) is 2.60. The number of hydrogen-bond acceptors (Lipinski definition) is 2. The molecule has 0 aliphatic heterocycles. The maximum atomic E-state index is 5.78. The number of methoxy groups -OCH3 is 1. The van der Waals surface area contributed by atoms with Crippen LogP contribution in [0.5, 0.6) is 5.75 Å². The zero-order chi connectivity index (χ0) is 24.5. The van der Waals surface area contributed by atoms with Crippen molar-refractivity contribution in [2.24, 2.45) is 16.7 Å². The minimum atomic E-state index is 0.399. The topological polar surface area (TPSA) is 12.5 Å². The standard InChI is InChI=1S/C25H43NO.C5H12/c1-9-12-26(13-10-2)22-15-23(27-8)19(11-3)14-21(22)20-16-24(4,5)18-25(6,7)17-20;1-4-5(2)3/h14-15,20H,9-13,16-18H2,1-8H3;5H,4H2,1-3H3. The van der Waals surface area contributed by atoms with Crippen LogP contribution in [0.2, 0.25) is 0 Å². The average molecular weight is 446 g/mol. The summed E-state index contributed by atoms with van der Waals surface area (Å²) in [6, 6.07) is 4.82. The Balaban J connectivity index is 0.000000920. The van der Waals surface area contributed by atoms with Gasteiger partial charge in [0.25, 0.3) is 0 Å². The quantitative estimate of drug-likeness (QED) is 0.375. The molecule has 0 atom stereocenters. The molecule has 2 nitrogen and oxygen atoms in total. The van der Waals surface area contributed by atoms with Gasteiger partial charge in [0.05, 0.1) is 7.11 Å². The van der Waals surface area contributed by atoms with E-state index in [4.69, 9.17) is 4.74 Å². The third kappa shape index (κ3) is 8.64. The van der Waals surface area contributed by atoms with Crippen LogP contribution in [0.3, 0.4) is 0 Å². The normalized spacial score (nSPS) is 17.6. The number of benzene rings is 1. The van der Waals surface area contributed by atoms with Gasteiger partial charge in [-0.1, -0.05) is 75.7 Å². The smallest absolute Gasteiger partial charge is 0.124 e. The van der Waals surface area contributed by atoms with Gasteiger partial charge in [-0.25, -0.2) is 0 Å². The largest absolute Gasteiger partial charge is 0.496 e. The molecule has 0 bridgehead atoms. The highest BCUT2D eigenvalue weighted by Crippen LogP contribution is 2.53. The highest BCUT2D eigenvalue weighted by atomic mass is 16.5. The fourth-order valence-electron chi connectivity index (χ4n) is 5.66. The van der Waals surface area contributed by atoms with Crippen molar-refractivity contribution < 1.29 is 4.74 Å². The van der Waals surface area contributed by atoms with Crippen molar-refractivity contribution in [2.75, 3.05) is 25.1 Å². The van der Waals surface area contributed by atoms with Crippen LogP contribution in [0.25, 0.3) is 0 Å². The van der Waals surface area contributed by atoms with Crippen molar-refractivity contribution in [3.63, 3.8) is 0 Å². The van der Waals surface area contributed by atoms with Crippen molar-refractivity contribution in [2.45, 2.75) is 120 Å². The SMILES string of the molecule is CCC(C)C.CCCN(CCC)c1cc(OC)c(CC)cc1C1CC(C)(C)CC(C)(C)C1. The Kier molecular flexibility index (Phi) is 11.6. The van der Waals surface area contributed by atoms with Crippen LogP contribution in [0, 0.1) is 16.7 Å². The predicted molar refractivity (Wildman–Crippen MR) is 144 cm³/mol. The Bertz CT molecular complexity index is 652. The molecule has 2 rings (SSSR count). The number of anilines is 1. The maximum Gasteiger partial charge on any atom is 0.124 e. The summed E-state index contributed by atoms with van der Waals surface area (Å²) in [7, 11) is 1.81. The molecular weight excluding hydrogens is 390 g/mol. The highest BCUT2D eigenvalue weighted by Gasteiger charge is 2.40. The predicted octanol–water partition coefficient (Wildman–Crippen LogP) is 9.26. The molecule has 1 aliphatic carbocycles. The molecule has 1 aliphatic rings. The van der Waals surface area contributed by atoms with Gasteiger partial charge in [-0.2, -0.15) is 0 Å². The number of nitrogens with zero attached hydrogens (tertiary/aromatic N) is 1. The Hall–Kier alpha value is -1.18. The van der Waals surface area contributed by atoms with Crippen LogP contribution in [0.15, 0.2) is 12.1 Å². The summed E-state index contributed by atoms with van der Waals surface area (Å²) in [6.07, 6.45) is 8.57. The fourth-order valence-corrected chi connectivity index (χ4v) is 5.66. The van der Waals surface area contributed by atoms with Gasteiger partial charge >= 0.3 is 0 Å². The summed E-state index contributed by atoms with van der Waals surface area (Å²) < 4.78 is 5.78. The van der Waals surface area contributed by atoms with Crippen LogP contribution in [0.4, 0.5) is 5.69 Å². The van der Waals surface area contributed by atoms with Gasteiger partial charge in [0.2, 0.25) is 0 Å². The summed E-state index contributed by atoms with van der Waals surface area (Å²) in [6.45, 7) is 25.5. The lowest BCUT2D eigenvalue weighted by Crippen LogP contribution is -2.34. The molecule has 0 spiro atoms. The molecule has 2 heteroatoms. The van der Waals surface area contributed by atoms with E-state index in [-0.39, 0.29) is 0 Å². The molecule has 1 fully saturated rings. The Morgan fingerprint density at radius 3 is 1.81 bits per heavy atom. The van der Waals surface area contributed by atoms with E-state index in [1.165, 1.54) is 49.8 Å². The van der Waals surface area contributed by atoms with E-state index in [0.717, 1.165) is 31.2 Å².